The first-order valence-electron chi connectivity index (χ1n) is 11.4. The van der Waals surface area contributed by atoms with E-state index in [1.165, 1.54) is 7.11 Å². The van der Waals surface area contributed by atoms with E-state index in [2.05, 4.69) is 4.98 Å². The number of hydrogen-bond donors (Lipinski definition) is 0. The van der Waals surface area contributed by atoms with Crippen molar-refractivity contribution in [2.45, 2.75) is 76.9 Å². The SMILES string of the molecule is COC([O-])(C[C@H]([C@H]1COC(C)(C)O1)N(Cc1ccccc1)C(=O)OC(C)(C)C)c1ccccn1.[Li+]. The van der Waals surface area contributed by atoms with Gasteiger partial charge in [0.25, 0.3) is 0 Å². The number of ether oxygens (including phenoxy) is 4. The van der Waals surface area contributed by atoms with E-state index < -0.39 is 35.4 Å². The number of rotatable bonds is 8. The van der Waals surface area contributed by atoms with Gasteiger partial charge in [-0.2, -0.15) is 0 Å². The standard InChI is InChI=1S/C26H35N2O6.Li/c1-24(2,3)34-23(29)28(17-19-12-8-7-9-13-19)20(21-18-32-25(4,5)33-21)16-26(30,31-6)22-14-10-11-15-27-22;/h7-15,20-21H,16-18H2,1-6H3;/q-1;+1/t20-,21-,26?;/m1./s1. The number of aromatic nitrogens is 1. The Morgan fingerprint density at radius 1 is 1.20 bits per heavy atom. The molecule has 0 radical (unpaired) electrons. The molecular weight excluding hydrogens is 443 g/mol. The van der Waals surface area contributed by atoms with Gasteiger partial charge in [-0.1, -0.05) is 36.4 Å². The van der Waals surface area contributed by atoms with Crippen molar-refractivity contribution >= 4 is 6.09 Å². The average molecular weight is 479 g/mol. The summed E-state index contributed by atoms with van der Waals surface area (Å²) in [6.45, 7) is 9.47. The molecule has 186 valence electrons. The predicted octanol–water partition coefficient (Wildman–Crippen LogP) is 0.593. The van der Waals surface area contributed by atoms with Crippen molar-refractivity contribution in [2.24, 2.45) is 0 Å². The fourth-order valence-electron chi connectivity index (χ4n) is 3.92. The molecular formula is C26H35LiN2O6. The number of carbonyl (C=O) groups excluding carboxylic acids is 1. The van der Waals surface area contributed by atoms with Gasteiger partial charge in [-0.15, -0.1) is 0 Å². The fraction of sp³-hybridized carbons (Fsp3) is 0.538. The van der Waals surface area contributed by atoms with Crippen molar-refractivity contribution in [3.05, 3.63) is 66.0 Å². The van der Waals surface area contributed by atoms with E-state index in [4.69, 9.17) is 18.9 Å². The zero-order valence-electron chi connectivity index (χ0n) is 21.8. The molecule has 9 heteroatoms. The second-order valence-electron chi connectivity index (χ2n) is 9.90. The summed E-state index contributed by atoms with van der Waals surface area (Å²) in [7, 11) is 1.35. The van der Waals surface area contributed by atoms with E-state index in [1.54, 1.807) is 63.9 Å². The van der Waals surface area contributed by atoms with Gasteiger partial charge in [0.1, 0.15) is 11.7 Å². The van der Waals surface area contributed by atoms with Gasteiger partial charge >= 0.3 is 25.0 Å². The molecule has 0 N–H and O–H groups in total. The maximum Gasteiger partial charge on any atom is 1.00 e. The Balaban J connectivity index is 0.00000432. The third kappa shape index (κ3) is 8.04. The topological polar surface area (TPSA) is 93.2 Å². The Labute approximate surface area is 220 Å². The van der Waals surface area contributed by atoms with Crippen LogP contribution in [0.2, 0.25) is 0 Å². The quantitative estimate of drug-likeness (QED) is 0.405. The van der Waals surface area contributed by atoms with Crippen LogP contribution in [-0.2, 0) is 31.3 Å². The summed E-state index contributed by atoms with van der Waals surface area (Å²) >= 11 is 0. The molecule has 0 saturated carbocycles. The van der Waals surface area contributed by atoms with Crippen LogP contribution in [0.1, 0.15) is 52.3 Å². The molecule has 1 fully saturated rings. The molecule has 2 aromatic rings. The molecule has 0 spiro atoms. The molecule has 3 atom stereocenters. The van der Waals surface area contributed by atoms with Gasteiger partial charge in [-0.05, 0) is 58.7 Å². The molecule has 3 rings (SSSR count). The zero-order chi connectivity index (χ0) is 25.0. The summed E-state index contributed by atoms with van der Waals surface area (Å²) in [6, 6.07) is 13.9. The maximum atomic E-state index is 13.9. The van der Waals surface area contributed by atoms with Crippen molar-refractivity contribution in [1.82, 2.24) is 9.88 Å². The van der Waals surface area contributed by atoms with E-state index in [0.29, 0.717) is 0 Å². The summed E-state index contributed by atoms with van der Waals surface area (Å²) in [5, 5.41) is 13.9. The molecule has 0 bridgehead atoms. The van der Waals surface area contributed by atoms with Gasteiger partial charge in [-0.25, -0.2) is 4.79 Å². The van der Waals surface area contributed by atoms with Crippen LogP contribution in [0.3, 0.4) is 0 Å². The van der Waals surface area contributed by atoms with Crippen molar-refractivity contribution in [3.8, 4) is 0 Å². The van der Waals surface area contributed by atoms with Gasteiger partial charge < -0.3 is 24.1 Å². The summed E-state index contributed by atoms with van der Waals surface area (Å²) in [4.78, 5) is 19.3. The molecule has 1 unspecified atom stereocenters. The van der Waals surface area contributed by atoms with Gasteiger partial charge in [0.15, 0.2) is 5.79 Å². The van der Waals surface area contributed by atoms with Crippen molar-refractivity contribution in [1.29, 1.82) is 0 Å². The number of nitrogens with zero attached hydrogens (tertiary/aromatic N) is 2. The predicted molar refractivity (Wildman–Crippen MR) is 124 cm³/mol. The van der Waals surface area contributed by atoms with Gasteiger partial charge in [-0.3, -0.25) is 9.88 Å². The summed E-state index contributed by atoms with van der Waals surface area (Å²) in [5.41, 5.74) is 0.396. The van der Waals surface area contributed by atoms with E-state index in [9.17, 15) is 9.90 Å². The molecule has 8 nitrogen and oxygen atoms in total. The minimum atomic E-state index is -2.01. The Kier molecular flexibility index (Phi) is 9.94. The van der Waals surface area contributed by atoms with E-state index in [1.807, 2.05) is 30.3 Å². The van der Waals surface area contributed by atoms with Gasteiger partial charge in [0, 0.05) is 25.6 Å². The maximum absolute atomic E-state index is 13.9. The molecule has 1 aromatic carbocycles. The van der Waals surface area contributed by atoms with Crippen molar-refractivity contribution < 1.29 is 47.7 Å². The molecule has 1 aliphatic rings. The second kappa shape index (κ2) is 11.9. The van der Waals surface area contributed by atoms with Crippen LogP contribution in [0.5, 0.6) is 0 Å². The number of pyridine rings is 1. The second-order valence-corrected chi connectivity index (χ2v) is 9.90. The first kappa shape index (κ1) is 29.3. The van der Waals surface area contributed by atoms with Gasteiger partial charge in [0.2, 0.25) is 0 Å². The molecule has 1 aromatic heterocycles. The van der Waals surface area contributed by atoms with E-state index >= 15 is 0 Å². The monoisotopic (exact) mass is 478 g/mol. The summed E-state index contributed by atoms with van der Waals surface area (Å²) in [5.74, 6) is -2.86. The van der Waals surface area contributed by atoms with Crippen LogP contribution in [0.25, 0.3) is 0 Å². The van der Waals surface area contributed by atoms with E-state index in [0.717, 1.165) is 5.56 Å². The minimum Gasteiger partial charge on any atom is -0.824 e. The average Bonchev–Trinajstić information content (AvgIpc) is 3.15. The molecule has 0 aliphatic carbocycles. The molecule has 2 heterocycles. The minimum absolute atomic E-state index is 0. The van der Waals surface area contributed by atoms with Crippen LogP contribution in [0.4, 0.5) is 4.79 Å². The number of hydrogen-bond acceptors (Lipinski definition) is 7. The van der Waals surface area contributed by atoms with Crippen LogP contribution in [-0.4, -0.2) is 53.2 Å². The number of methoxy groups -OCH3 is 1. The third-order valence-electron chi connectivity index (χ3n) is 5.55. The molecule has 1 amide bonds. The zero-order valence-corrected chi connectivity index (χ0v) is 21.8. The smallest absolute Gasteiger partial charge is 0.824 e. The number of carbonyl (C=O) groups is 1. The third-order valence-corrected chi connectivity index (χ3v) is 5.55. The normalized spacial score (nSPS) is 19.8. The fourth-order valence-corrected chi connectivity index (χ4v) is 3.92. The largest absolute Gasteiger partial charge is 1.00 e. The Hall–Kier alpha value is -1.92. The summed E-state index contributed by atoms with van der Waals surface area (Å²) < 4.78 is 23.2. The van der Waals surface area contributed by atoms with Crippen LogP contribution in [0, 0.1) is 0 Å². The van der Waals surface area contributed by atoms with E-state index in [-0.39, 0.29) is 44.1 Å². The Bertz CT molecular complexity index is 938. The first-order chi connectivity index (χ1) is 15.9. The van der Waals surface area contributed by atoms with Crippen LogP contribution >= 0.6 is 0 Å². The van der Waals surface area contributed by atoms with Crippen molar-refractivity contribution in [2.75, 3.05) is 13.7 Å². The molecule has 1 saturated heterocycles. The molecule has 35 heavy (non-hydrogen) atoms. The van der Waals surface area contributed by atoms with Crippen molar-refractivity contribution in [3.63, 3.8) is 0 Å². The van der Waals surface area contributed by atoms with Crippen LogP contribution < -0.4 is 24.0 Å². The Morgan fingerprint density at radius 3 is 2.37 bits per heavy atom. The molecule has 1 aliphatic heterocycles. The van der Waals surface area contributed by atoms with Crippen LogP contribution in [0.15, 0.2) is 54.7 Å². The number of benzene rings is 1. The van der Waals surface area contributed by atoms with Gasteiger partial charge in [0.05, 0.1) is 18.3 Å². The Morgan fingerprint density at radius 2 is 1.86 bits per heavy atom. The number of amides is 1. The first-order valence-corrected chi connectivity index (χ1v) is 11.4. The summed E-state index contributed by atoms with van der Waals surface area (Å²) in [6.07, 6.45) is 0.313.